The van der Waals surface area contributed by atoms with Gasteiger partial charge in [-0.3, -0.25) is 0 Å². The van der Waals surface area contributed by atoms with Crippen LogP contribution < -0.4 is 0 Å². The van der Waals surface area contributed by atoms with Crippen molar-refractivity contribution in [3.05, 3.63) is 35.9 Å². The Labute approximate surface area is 89.0 Å². The van der Waals surface area contributed by atoms with Crippen LogP contribution in [0.25, 0.3) is 0 Å². The van der Waals surface area contributed by atoms with Crippen LogP contribution in [0.2, 0.25) is 0 Å². The van der Waals surface area contributed by atoms with Gasteiger partial charge in [-0.1, -0.05) is 29.8 Å². The molecule has 0 aliphatic carbocycles. The number of halogens is 2. The molecule has 64 valence electrons. The molecular weight excluding hydrogens is 290 g/mol. The zero-order chi connectivity index (χ0) is 8.97. The highest BCUT2D eigenvalue weighted by Gasteiger charge is 2.08. The molecule has 12 heavy (non-hydrogen) atoms. The number of ether oxygens (including phenoxy) is 1. The Kier molecular flexibility index (Phi) is 3.81. The Morgan fingerprint density at radius 3 is 2.50 bits per heavy atom. The number of alkyl halides is 2. The average Bonchev–Trinajstić information content (AvgIpc) is 2.05. The monoisotopic (exact) mass is 296 g/mol. The fourth-order valence-corrected chi connectivity index (χ4v) is 1.04. The van der Waals surface area contributed by atoms with Gasteiger partial charge in [-0.05, 0) is 34.7 Å². The maximum Gasteiger partial charge on any atom is 0.340 e. The first kappa shape index (κ1) is 9.80. The first-order valence-corrected chi connectivity index (χ1v) is 4.92. The molecule has 0 radical (unpaired) electrons. The van der Waals surface area contributed by atoms with Crippen LogP contribution in [-0.4, -0.2) is 9.54 Å². The second-order valence-corrected chi connectivity index (χ2v) is 4.30. The van der Waals surface area contributed by atoms with E-state index in [0.717, 1.165) is 0 Å². The Bertz CT molecular complexity index is 261. The number of esters is 1. The van der Waals surface area contributed by atoms with Crippen molar-refractivity contribution >= 4 is 40.2 Å². The second kappa shape index (κ2) is 4.67. The van der Waals surface area contributed by atoms with E-state index in [-0.39, 0.29) is 0 Å². The lowest BCUT2D eigenvalue weighted by Crippen LogP contribution is -2.07. The number of hydrogen-bond acceptors (Lipinski definition) is 2. The maximum atomic E-state index is 11.1. The van der Waals surface area contributed by atoms with E-state index in [1.54, 1.807) is 46.9 Å². The van der Waals surface area contributed by atoms with Crippen LogP contribution in [-0.2, 0) is 4.74 Å². The quantitative estimate of drug-likeness (QED) is 0.476. The van der Waals surface area contributed by atoms with Gasteiger partial charge in [-0.15, -0.1) is 0 Å². The molecule has 0 amide bonds. The van der Waals surface area contributed by atoms with Gasteiger partial charge in [0.25, 0.3) is 0 Å². The summed E-state index contributed by atoms with van der Waals surface area (Å²) in [6, 6.07) is 8.73. The van der Waals surface area contributed by atoms with E-state index in [9.17, 15) is 4.79 Å². The molecule has 2 nitrogen and oxygen atoms in total. The lowest BCUT2D eigenvalue weighted by molar-refractivity contribution is 0.0557. The van der Waals surface area contributed by atoms with E-state index in [0.29, 0.717) is 5.56 Å². The van der Waals surface area contributed by atoms with Gasteiger partial charge in [-0.2, -0.15) is 0 Å². The van der Waals surface area contributed by atoms with Gasteiger partial charge in [0.1, 0.15) is 0 Å². The Hall–Kier alpha value is -0.290. The Morgan fingerprint density at radius 2 is 2.00 bits per heavy atom. The zero-order valence-electron chi connectivity index (χ0n) is 6.04. The van der Waals surface area contributed by atoms with Crippen molar-refractivity contribution in [3.8, 4) is 0 Å². The van der Waals surface area contributed by atoms with Crippen LogP contribution in [0.1, 0.15) is 10.4 Å². The number of hydrogen-bond donors (Lipinski definition) is 0. The first-order valence-electron chi connectivity index (χ1n) is 3.24. The van der Waals surface area contributed by atoms with Crippen molar-refractivity contribution in [1.29, 1.82) is 0 Å². The fraction of sp³-hybridized carbons (Fsp3) is 0.125. The van der Waals surface area contributed by atoms with E-state index in [2.05, 4.69) is 0 Å². The summed E-state index contributed by atoms with van der Waals surface area (Å²) >= 11 is 7.27. The van der Waals surface area contributed by atoms with E-state index < -0.39 is 9.54 Å². The molecule has 0 aliphatic rings. The van der Waals surface area contributed by atoms with Gasteiger partial charge in [0.05, 0.1) is 5.56 Å². The summed E-state index contributed by atoms with van der Waals surface area (Å²) in [4.78, 5) is 11.1. The van der Waals surface area contributed by atoms with Crippen LogP contribution in [0.15, 0.2) is 30.3 Å². The predicted octanol–water partition coefficient (Wildman–Crippen LogP) is 2.80. The van der Waals surface area contributed by atoms with Crippen LogP contribution in [0.3, 0.4) is 0 Å². The van der Waals surface area contributed by atoms with Crippen molar-refractivity contribution in [1.82, 2.24) is 0 Å². The van der Waals surface area contributed by atoms with E-state index in [4.69, 9.17) is 16.3 Å². The summed E-state index contributed by atoms with van der Waals surface area (Å²) in [5.74, 6) is -0.398. The minimum atomic E-state index is -0.615. The third kappa shape index (κ3) is 2.98. The molecule has 0 saturated carbocycles. The summed E-state index contributed by atoms with van der Waals surface area (Å²) in [5.41, 5.74) is 0.514. The zero-order valence-corrected chi connectivity index (χ0v) is 8.95. The summed E-state index contributed by atoms with van der Waals surface area (Å²) in [6.45, 7) is 0. The first-order chi connectivity index (χ1) is 5.70. The van der Waals surface area contributed by atoms with Crippen molar-refractivity contribution in [2.24, 2.45) is 0 Å². The number of rotatable bonds is 2. The highest BCUT2D eigenvalue weighted by Crippen LogP contribution is 2.11. The van der Waals surface area contributed by atoms with Crippen molar-refractivity contribution in [2.75, 3.05) is 0 Å². The lowest BCUT2D eigenvalue weighted by atomic mass is 10.2. The molecule has 0 aliphatic heterocycles. The Morgan fingerprint density at radius 1 is 1.42 bits per heavy atom. The highest BCUT2D eigenvalue weighted by atomic mass is 127. The topological polar surface area (TPSA) is 26.3 Å². The molecule has 0 fully saturated rings. The van der Waals surface area contributed by atoms with E-state index in [1.165, 1.54) is 0 Å². The molecular formula is C8H6ClIO2. The van der Waals surface area contributed by atoms with E-state index >= 15 is 0 Å². The number of carbonyl (C=O) groups excluding carboxylic acids is 1. The molecule has 4 heteroatoms. The molecule has 1 aromatic rings. The SMILES string of the molecule is O=C(OC(Cl)I)c1ccccc1. The van der Waals surface area contributed by atoms with Crippen molar-refractivity contribution in [2.45, 2.75) is 3.57 Å². The van der Waals surface area contributed by atoms with Gasteiger partial charge in [0, 0.05) is 0 Å². The third-order valence-electron chi connectivity index (χ3n) is 1.21. The maximum absolute atomic E-state index is 11.1. The third-order valence-corrected chi connectivity index (χ3v) is 1.55. The van der Waals surface area contributed by atoms with Crippen molar-refractivity contribution < 1.29 is 9.53 Å². The molecule has 1 atom stereocenters. The molecule has 0 saturated heterocycles. The molecule has 1 unspecified atom stereocenters. The van der Waals surface area contributed by atoms with Gasteiger partial charge < -0.3 is 4.74 Å². The number of carbonyl (C=O) groups is 1. The largest absolute Gasteiger partial charge is 0.433 e. The van der Waals surface area contributed by atoms with Gasteiger partial charge in [-0.25, -0.2) is 4.79 Å². The second-order valence-electron chi connectivity index (χ2n) is 2.03. The molecule has 0 N–H and O–H groups in total. The smallest absolute Gasteiger partial charge is 0.340 e. The van der Waals surface area contributed by atoms with E-state index in [1.807, 2.05) is 6.07 Å². The molecule has 0 spiro atoms. The predicted molar refractivity (Wildman–Crippen MR) is 55.5 cm³/mol. The number of benzene rings is 1. The summed E-state index contributed by atoms with van der Waals surface area (Å²) < 4.78 is 4.13. The summed E-state index contributed by atoms with van der Waals surface area (Å²) in [7, 11) is 0. The van der Waals surface area contributed by atoms with Crippen LogP contribution in [0.5, 0.6) is 0 Å². The van der Waals surface area contributed by atoms with Crippen molar-refractivity contribution in [3.63, 3.8) is 0 Å². The van der Waals surface area contributed by atoms with Crippen LogP contribution in [0.4, 0.5) is 0 Å². The molecule has 0 heterocycles. The fourth-order valence-electron chi connectivity index (χ4n) is 0.723. The van der Waals surface area contributed by atoms with Gasteiger partial charge >= 0.3 is 5.97 Å². The highest BCUT2D eigenvalue weighted by molar-refractivity contribution is 14.1. The normalized spacial score (nSPS) is 12.2. The summed E-state index contributed by atoms with van der Waals surface area (Å²) in [5, 5.41) is 0. The van der Waals surface area contributed by atoms with Gasteiger partial charge in [0.15, 0.2) is 0 Å². The van der Waals surface area contributed by atoms with Crippen LogP contribution >= 0.6 is 34.2 Å². The molecule has 0 aromatic heterocycles. The molecule has 1 rings (SSSR count). The average molecular weight is 296 g/mol. The standard InChI is InChI=1S/C8H6ClIO2/c9-8(10)12-7(11)6-4-2-1-3-5-6/h1-5,8H. The summed E-state index contributed by atoms with van der Waals surface area (Å²) in [6.07, 6.45) is 0. The molecule has 0 bridgehead atoms. The Balaban J connectivity index is 2.66. The molecule has 1 aromatic carbocycles. The minimum absolute atomic E-state index is 0.398. The van der Waals surface area contributed by atoms with Crippen LogP contribution in [0, 0.1) is 0 Å². The minimum Gasteiger partial charge on any atom is -0.433 e. The lowest BCUT2D eigenvalue weighted by Gasteiger charge is -2.03. The van der Waals surface area contributed by atoms with Gasteiger partial charge in [0.2, 0.25) is 3.57 Å².